The Balaban J connectivity index is 1.52. The number of amides is 2. The second kappa shape index (κ2) is 7.70. The minimum absolute atomic E-state index is 0.0670. The van der Waals surface area contributed by atoms with Crippen LogP contribution in [0, 0.1) is 0 Å². The Morgan fingerprint density at radius 3 is 2.36 bits per heavy atom. The molecule has 0 saturated heterocycles. The highest BCUT2D eigenvalue weighted by atomic mass is 16.6. The predicted molar refractivity (Wildman–Crippen MR) is 93.7 cm³/mol. The van der Waals surface area contributed by atoms with Gasteiger partial charge in [0.1, 0.15) is 13.2 Å². The molecule has 1 heterocycles. The molecule has 1 aliphatic heterocycles. The van der Waals surface area contributed by atoms with Gasteiger partial charge in [0.25, 0.3) is 0 Å². The maximum absolute atomic E-state index is 12.1. The molecule has 25 heavy (non-hydrogen) atoms. The molecule has 2 N–H and O–H groups in total. The van der Waals surface area contributed by atoms with E-state index >= 15 is 0 Å². The van der Waals surface area contributed by atoms with E-state index in [9.17, 15) is 9.59 Å². The van der Waals surface area contributed by atoms with E-state index in [2.05, 4.69) is 10.6 Å². The van der Waals surface area contributed by atoms with Crippen molar-refractivity contribution < 1.29 is 19.1 Å². The molecule has 0 aromatic heterocycles. The van der Waals surface area contributed by atoms with Crippen molar-refractivity contribution >= 4 is 17.5 Å². The lowest BCUT2D eigenvalue weighted by Crippen LogP contribution is -2.24. The van der Waals surface area contributed by atoms with Crippen molar-refractivity contribution in [3.05, 3.63) is 53.6 Å². The number of nitrogens with one attached hydrogen (secondary N) is 2. The first-order chi connectivity index (χ1) is 12.1. The average molecular weight is 340 g/mol. The van der Waals surface area contributed by atoms with Crippen molar-refractivity contribution in [2.45, 2.75) is 19.9 Å². The molecule has 1 aliphatic rings. The molecular formula is C19H20N2O4. The maximum atomic E-state index is 12.1. The summed E-state index contributed by atoms with van der Waals surface area (Å²) in [6, 6.07) is 12.9. The van der Waals surface area contributed by atoms with Gasteiger partial charge in [0.15, 0.2) is 11.5 Å². The van der Waals surface area contributed by atoms with Crippen molar-refractivity contribution in [2.24, 2.45) is 0 Å². The van der Waals surface area contributed by atoms with Crippen LogP contribution in [-0.4, -0.2) is 25.0 Å². The Bertz CT molecular complexity index is 771. The van der Waals surface area contributed by atoms with Gasteiger partial charge in [-0.3, -0.25) is 9.59 Å². The summed E-state index contributed by atoms with van der Waals surface area (Å²) in [6.07, 6.45) is 0.278. The fourth-order valence-electron chi connectivity index (χ4n) is 2.56. The first kappa shape index (κ1) is 16.8. The van der Waals surface area contributed by atoms with Crippen molar-refractivity contribution in [2.75, 3.05) is 18.5 Å². The summed E-state index contributed by atoms with van der Waals surface area (Å²) in [5.41, 5.74) is 2.58. The molecule has 0 radical (unpaired) electrons. The zero-order valence-corrected chi connectivity index (χ0v) is 14.0. The van der Waals surface area contributed by atoms with Crippen LogP contribution in [0.15, 0.2) is 42.5 Å². The van der Waals surface area contributed by atoms with Gasteiger partial charge < -0.3 is 20.1 Å². The number of rotatable bonds is 5. The van der Waals surface area contributed by atoms with Gasteiger partial charge in [0.2, 0.25) is 11.8 Å². The van der Waals surface area contributed by atoms with E-state index in [-0.39, 0.29) is 18.2 Å². The largest absolute Gasteiger partial charge is 0.486 e. The Labute approximate surface area is 146 Å². The summed E-state index contributed by atoms with van der Waals surface area (Å²) in [5, 5.41) is 5.60. The van der Waals surface area contributed by atoms with Crippen molar-refractivity contribution in [3.8, 4) is 11.5 Å². The minimum Gasteiger partial charge on any atom is -0.486 e. The van der Waals surface area contributed by atoms with Crippen LogP contribution in [0.1, 0.15) is 18.1 Å². The number of hydrogen-bond acceptors (Lipinski definition) is 4. The summed E-state index contributed by atoms with van der Waals surface area (Å²) < 4.78 is 11.0. The van der Waals surface area contributed by atoms with E-state index in [1.165, 1.54) is 6.92 Å². The highest BCUT2D eigenvalue weighted by molar-refractivity contribution is 5.88. The van der Waals surface area contributed by atoms with Crippen LogP contribution in [-0.2, 0) is 22.6 Å². The molecule has 2 amide bonds. The Hall–Kier alpha value is -3.02. The third-order valence-corrected chi connectivity index (χ3v) is 3.74. The standard InChI is InChI=1S/C19H20N2O4/c1-13(22)21-16-5-2-14(3-6-16)12-20-19(23)11-15-4-7-17-18(10-15)25-9-8-24-17/h2-7,10H,8-9,11-12H2,1H3,(H,20,23)(H,21,22). The number of ether oxygens (including phenoxy) is 2. The third kappa shape index (κ3) is 4.73. The second-order valence-corrected chi connectivity index (χ2v) is 5.81. The monoisotopic (exact) mass is 340 g/mol. The van der Waals surface area contributed by atoms with Gasteiger partial charge in [0.05, 0.1) is 6.42 Å². The summed E-state index contributed by atoms with van der Waals surface area (Å²) in [7, 11) is 0. The van der Waals surface area contributed by atoms with E-state index < -0.39 is 0 Å². The molecule has 0 saturated carbocycles. The quantitative estimate of drug-likeness (QED) is 0.875. The van der Waals surface area contributed by atoms with Gasteiger partial charge in [0, 0.05) is 19.2 Å². The summed E-state index contributed by atoms with van der Waals surface area (Å²) in [5.74, 6) is 1.22. The van der Waals surface area contributed by atoms with Crippen molar-refractivity contribution in [3.63, 3.8) is 0 Å². The van der Waals surface area contributed by atoms with Crippen molar-refractivity contribution in [1.29, 1.82) is 0 Å². The molecule has 3 rings (SSSR count). The van der Waals surface area contributed by atoms with E-state index in [0.29, 0.717) is 25.5 Å². The van der Waals surface area contributed by atoms with E-state index in [0.717, 1.165) is 22.6 Å². The lowest BCUT2D eigenvalue weighted by molar-refractivity contribution is -0.120. The van der Waals surface area contributed by atoms with Gasteiger partial charge in [-0.1, -0.05) is 18.2 Å². The number of hydrogen-bond donors (Lipinski definition) is 2. The SMILES string of the molecule is CC(=O)Nc1ccc(CNC(=O)Cc2ccc3c(c2)OCCO3)cc1. The highest BCUT2D eigenvalue weighted by Crippen LogP contribution is 2.30. The fourth-order valence-corrected chi connectivity index (χ4v) is 2.56. The fraction of sp³-hybridized carbons (Fsp3) is 0.263. The Kier molecular flexibility index (Phi) is 5.18. The van der Waals surface area contributed by atoms with Crippen LogP contribution in [0.5, 0.6) is 11.5 Å². The molecule has 0 aliphatic carbocycles. The average Bonchev–Trinajstić information content (AvgIpc) is 2.60. The number of carbonyl (C=O) groups excluding carboxylic acids is 2. The first-order valence-electron chi connectivity index (χ1n) is 8.12. The number of benzene rings is 2. The van der Waals surface area contributed by atoms with Gasteiger partial charge in [-0.15, -0.1) is 0 Å². The molecule has 2 aromatic rings. The van der Waals surface area contributed by atoms with Gasteiger partial charge in [-0.25, -0.2) is 0 Å². The van der Waals surface area contributed by atoms with E-state index in [1.54, 1.807) is 0 Å². The molecular weight excluding hydrogens is 320 g/mol. The van der Waals surface area contributed by atoms with Crippen LogP contribution < -0.4 is 20.1 Å². The second-order valence-electron chi connectivity index (χ2n) is 5.81. The normalized spacial score (nSPS) is 12.4. The molecule has 0 bridgehead atoms. The van der Waals surface area contributed by atoms with Crippen LogP contribution in [0.3, 0.4) is 0 Å². The molecule has 0 atom stereocenters. The van der Waals surface area contributed by atoms with Crippen molar-refractivity contribution in [1.82, 2.24) is 5.32 Å². The third-order valence-electron chi connectivity index (χ3n) is 3.74. The predicted octanol–water partition coefficient (Wildman–Crippen LogP) is 2.28. The zero-order valence-electron chi connectivity index (χ0n) is 14.0. The van der Waals surface area contributed by atoms with Crippen LogP contribution in [0.2, 0.25) is 0 Å². The minimum atomic E-state index is -0.111. The molecule has 6 heteroatoms. The van der Waals surface area contributed by atoms with Crippen LogP contribution >= 0.6 is 0 Å². The van der Waals surface area contributed by atoms with Crippen LogP contribution in [0.4, 0.5) is 5.69 Å². The molecule has 0 unspecified atom stereocenters. The molecule has 130 valence electrons. The molecule has 0 fully saturated rings. The Morgan fingerprint density at radius 2 is 1.64 bits per heavy atom. The molecule has 6 nitrogen and oxygen atoms in total. The highest BCUT2D eigenvalue weighted by Gasteiger charge is 2.13. The Morgan fingerprint density at radius 1 is 0.960 bits per heavy atom. The van der Waals surface area contributed by atoms with Crippen LogP contribution in [0.25, 0.3) is 0 Å². The summed E-state index contributed by atoms with van der Waals surface area (Å²) in [6.45, 7) is 2.97. The van der Waals surface area contributed by atoms with E-state index in [4.69, 9.17) is 9.47 Å². The topological polar surface area (TPSA) is 76.7 Å². The summed E-state index contributed by atoms with van der Waals surface area (Å²) in [4.78, 5) is 23.1. The maximum Gasteiger partial charge on any atom is 0.224 e. The van der Waals surface area contributed by atoms with Gasteiger partial charge in [-0.2, -0.15) is 0 Å². The lowest BCUT2D eigenvalue weighted by Gasteiger charge is -2.18. The lowest BCUT2D eigenvalue weighted by atomic mass is 10.1. The number of anilines is 1. The molecule has 0 spiro atoms. The van der Waals surface area contributed by atoms with Gasteiger partial charge >= 0.3 is 0 Å². The van der Waals surface area contributed by atoms with E-state index in [1.807, 2.05) is 42.5 Å². The zero-order chi connectivity index (χ0) is 17.6. The molecule has 2 aromatic carbocycles. The smallest absolute Gasteiger partial charge is 0.224 e. The summed E-state index contributed by atoms with van der Waals surface area (Å²) >= 11 is 0. The first-order valence-corrected chi connectivity index (χ1v) is 8.12. The number of carbonyl (C=O) groups is 2. The van der Waals surface area contributed by atoms with Gasteiger partial charge in [-0.05, 0) is 35.4 Å². The number of fused-ring (bicyclic) bond motifs is 1.